The van der Waals surface area contributed by atoms with E-state index in [2.05, 4.69) is 15.2 Å². The monoisotopic (exact) mass is 650 g/mol. The van der Waals surface area contributed by atoms with Crippen LogP contribution < -0.4 is 25.6 Å². The van der Waals surface area contributed by atoms with E-state index in [0.717, 1.165) is 23.9 Å². The summed E-state index contributed by atoms with van der Waals surface area (Å²) in [6.07, 6.45) is 5.97. The van der Waals surface area contributed by atoms with Gasteiger partial charge in [0.05, 0.1) is 37.4 Å². The zero-order valence-corrected chi connectivity index (χ0v) is 26.0. The number of hydrogen-bond acceptors (Lipinski definition) is 10. The Labute approximate surface area is 271 Å². The van der Waals surface area contributed by atoms with E-state index >= 15 is 4.39 Å². The molecule has 14 heteroatoms. The molecule has 1 aromatic heterocycles. The number of aromatic nitrogens is 1. The highest BCUT2D eigenvalue weighted by atomic mass is 19.1. The highest BCUT2D eigenvalue weighted by Gasteiger charge is 2.27. The number of amides is 3. The molecule has 0 saturated carbocycles. The van der Waals surface area contributed by atoms with Crippen LogP contribution in [0.2, 0.25) is 0 Å². The van der Waals surface area contributed by atoms with Gasteiger partial charge in [0.15, 0.2) is 17.3 Å². The number of nitrogens with zero attached hydrogens (tertiary/aromatic N) is 4. The largest absolute Gasteiger partial charge is 0.452 e. The first-order chi connectivity index (χ1) is 22.7. The average Bonchev–Trinajstić information content (AvgIpc) is 3.07. The molecule has 2 heterocycles. The van der Waals surface area contributed by atoms with Crippen LogP contribution in [-0.4, -0.2) is 81.2 Å². The van der Waals surface area contributed by atoms with E-state index in [0.29, 0.717) is 56.7 Å². The van der Waals surface area contributed by atoms with Gasteiger partial charge in [-0.05, 0) is 55.6 Å². The first-order valence-corrected chi connectivity index (χ1v) is 14.8. The van der Waals surface area contributed by atoms with Crippen molar-refractivity contribution in [3.8, 4) is 11.5 Å². The number of likely N-dealkylation sites (N-methyl/N-ethyl adjacent to an activating group) is 1. The molecule has 0 bridgehead atoms. The zero-order valence-electron chi connectivity index (χ0n) is 26.0. The Morgan fingerprint density at radius 1 is 1.11 bits per heavy atom. The van der Waals surface area contributed by atoms with Gasteiger partial charge in [-0.15, -0.1) is 0 Å². The number of nitrogens with one attached hydrogen (secondary N) is 1. The average molecular weight is 651 g/mol. The van der Waals surface area contributed by atoms with E-state index in [1.165, 1.54) is 42.7 Å². The van der Waals surface area contributed by atoms with Crippen molar-refractivity contribution in [1.29, 1.82) is 0 Å². The predicted molar refractivity (Wildman–Crippen MR) is 173 cm³/mol. The van der Waals surface area contributed by atoms with Crippen molar-refractivity contribution < 1.29 is 37.4 Å². The SMILES string of the molecule is CCOCCN(C)/C=C(/C(=O)Nc1ccc(Oc2cc(N3CCOCC3)cnc2C=CN)c(F)c1)C(=O)N(C=O)c1ccc(F)cc1. The lowest BCUT2D eigenvalue weighted by molar-refractivity contribution is -0.121. The molecule has 1 aliphatic rings. The van der Waals surface area contributed by atoms with Gasteiger partial charge in [0.2, 0.25) is 6.41 Å². The smallest absolute Gasteiger partial charge is 0.271 e. The molecule has 0 unspecified atom stereocenters. The predicted octanol–water partition coefficient (Wildman–Crippen LogP) is 3.90. The van der Waals surface area contributed by atoms with Crippen molar-refractivity contribution in [1.82, 2.24) is 9.88 Å². The first kappa shape index (κ1) is 34.5. The fourth-order valence-corrected chi connectivity index (χ4v) is 4.52. The molecule has 3 N–H and O–H groups in total. The van der Waals surface area contributed by atoms with Crippen LogP contribution in [0.1, 0.15) is 12.6 Å². The molecule has 3 aromatic rings. The van der Waals surface area contributed by atoms with Gasteiger partial charge < -0.3 is 35.1 Å². The number of imide groups is 1. The standard InChI is InChI=1S/C33H36F2N6O6/c1-3-45-15-12-39(2)21-27(33(44)41(22-42)25-7-4-23(34)5-8-25)32(43)38-24-6-9-30(28(35)18-24)47-31-19-26(20-37-29(31)10-11-36)40-13-16-46-17-14-40/h4-11,18-22H,3,12-17,36H2,1-2H3,(H,38,43)/b11-10?,27-21-. The van der Waals surface area contributed by atoms with Crippen molar-refractivity contribution in [3.63, 3.8) is 0 Å². The number of nitrogens with two attached hydrogens (primary N) is 1. The topological polar surface area (TPSA) is 140 Å². The summed E-state index contributed by atoms with van der Waals surface area (Å²) in [5.74, 6) is -3.18. The number of carbonyl (C=O) groups excluding carboxylic acids is 3. The van der Waals surface area contributed by atoms with Gasteiger partial charge >= 0.3 is 0 Å². The molecule has 248 valence electrons. The number of ether oxygens (including phenoxy) is 3. The molecule has 3 amide bonds. The van der Waals surface area contributed by atoms with Crippen LogP contribution >= 0.6 is 0 Å². The van der Waals surface area contributed by atoms with Gasteiger partial charge in [0.25, 0.3) is 11.8 Å². The number of pyridine rings is 1. The lowest BCUT2D eigenvalue weighted by atomic mass is 10.2. The van der Waals surface area contributed by atoms with Crippen LogP contribution in [0, 0.1) is 11.6 Å². The third-order valence-electron chi connectivity index (χ3n) is 6.95. The number of halogens is 2. The summed E-state index contributed by atoms with van der Waals surface area (Å²) in [5, 5.41) is 2.51. The normalized spacial score (nSPS) is 13.4. The molecule has 1 aliphatic heterocycles. The molecule has 0 aliphatic carbocycles. The summed E-state index contributed by atoms with van der Waals surface area (Å²) in [6, 6.07) is 10.1. The zero-order chi connectivity index (χ0) is 33.8. The number of rotatable bonds is 14. The molecule has 1 fully saturated rings. The van der Waals surface area contributed by atoms with Crippen molar-refractivity contribution in [2.75, 3.05) is 68.2 Å². The number of hydrogen-bond donors (Lipinski definition) is 2. The first-order valence-electron chi connectivity index (χ1n) is 14.8. The second-order valence-corrected chi connectivity index (χ2v) is 10.2. The number of benzene rings is 2. The lowest BCUT2D eigenvalue weighted by Crippen LogP contribution is -2.36. The van der Waals surface area contributed by atoms with Gasteiger partial charge in [0.1, 0.15) is 17.1 Å². The number of anilines is 3. The van der Waals surface area contributed by atoms with Gasteiger partial charge in [0, 0.05) is 57.3 Å². The quantitative estimate of drug-likeness (QED) is 0.0869. The minimum Gasteiger partial charge on any atom is -0.452 e. The van der Waals surface area contributed by atoms with E-state index in [1.54, 1.807) is 24.2 Å². The number of carbonyl (C=O) groups is 3. The Bertz CT molecular complexity index is 1610. The molecule has 4 rings (SSSR count). The second-order valence-electron chi connectivity index (χ2n) is 10.2. The van der Waals surface area contributed by atoms with Crippen molar-refractivity contribution in [3.05, 3.63) is 90.0 Å². The van der Waals surface area contributed by atoms with Crippen LogP contribution in [0.5, 0.6) is 11.5 Å². The summed E-state index contributed by atoms with van der Waals surface area (Å²) in [5.41, 5.74) is 6.34. The fraction of sp³-hybridized carbons (Fsp3) is 0.273. The molecule has 1 saturated heterocycles. The highest BCUT2D eigenvalue weighted by Crippen LogP contribution is 2.32. The van der Waals surface area contributed by atoms with Crippen LogP contribution in [0.25, 0.3) is 6.08 Å². The van der Waals surface area contributed by atoms with Crippen molar-refractivity contribution >= 4 is 41.4 Å². The van der Waals surface area contributed by atoms with Crippen molar-refractivity contribution in [2.24, 2.45) is 5.73 Å². The van der Waals surface area contributed by atoms with E-state index in [4.69, 9.17) is 19.9 Å². The molecule has 0 spiro atoms. The maximum absolute atomic E-state index is 15.4. The van der Waals surface area contributed by atoms with Gasteiger partial charge in [-0.2, -0.15) is 0 Å². The van der Waals surface area contributed by atoms with Crippen LogP contribution in [0.3, 0.4) is 0 Å². The Kier molecular flexibility index (Phi) is 12.4. The van der Waals surface area contributed by atoms with E-state index in [-0.39, 0.29) is 29.3 Å². The Morgan fingerprint density at radius 3 is 2.51 bits per heavy atom. The molecule has 47 heavy (non-hydrogen) atoms. The molecule has 0 radical (unpaired) electrons. The maximum atomic E-state index is 15.4. The molecular weight excluding hydrogens is 614 g/mol. The molecular formula is C33H36F2N6O6. The molecule has 2 aromatic carbocycles. The molecule has 12 nitrogen and oxygen atoms in total. The van der Waals surface area contributed by atoms with Crippen LogP contribution in [0.15, 0.2) is 72.7 Å². The summed E-state index contributed by atoms with van der Waals surface area (Å²) in [6.45, 7) is 5.37. The molecule has 0 atom stereocenters. The Hall–Kier alpha value is -5.34. The van der Waals surface area contributed by atoms with E-state index in [1.807, 2.05) is 6.92 Å². The summed E-state index contributed by atoms with van der Waals surface area (Å²) >= 11 is 0. The van der Waals surface area contributed by atoms with Gasteiger partial charge in [-0.3, -0.25) is 19.4 Å². The third-order valence-corrected chi connectivity index (χ3v) is 6.95. The summed E-state index contributed by atoms with van der Waals surface area (Å²) in [7, 11) is 1.62. The Balaban J connectivity index is 1.57. The lowest BCUT2D eigenvalue weighted by Gasteiger charge is -2.29. The minimum absolute atomic E-state index is 0.0113. The van der Waals surface area contributed by atoms with Crippen LogP contribution in [-0.2, 0) is 23.9 Å². The second kappa shape index (κ2) is 16.8. The fourth-order valence-electron chi connectivity index (χ4n) is 4.52. The maximum Gasteiger partial charge on any atom is 0.271 e. The Morgan fingerprint density at radius 2 is 1.85 bits per heavy atom. The summed E-state index contributed by atoms with van der Waals surface area (Å²) in [4.78, 5) is 47.6. The van der Waals surface area contributed by atoms with Crippen molar-refractivity contribution in [2.45, 2.75) is 6.92 Å². The summed E-state index contributed by atoms with van der Waals surface area (Å²) < 4.78 is 45.5. The third kappa shape index (κ3) is 9.34. The van der Waals surface area contributed by atoms with E-state index in [9.17, 15) is 18.8 Å². The van der Waals surface area contributed by atoms with Gasteiger partial charge in [-0.25, -0.2) is 13.7 Å². The number of morpholine rings is 1. The van der Waals surface area contributed by atoms with Gasteiger partial charge in [-0.1, -0.05) is 0 Å². The van der Waals surface area contributed by atoms with E-state index < -0.39 is 29.0 Å². The van der Waals surface area contributed by atoms with Crippen LogP contribution in [0.4, 0.5) is 25.8 Å². The highest BCUT2D eigenvalue weighted by molar-refractivity contribution is 6.30. The minimum atomic E-state index is -0.985.